The van der Waals surface area contributed by atoms with Gasteiger partial charge in [-0.25, -0.2) is 4.98 Å². The molecular weight excluding hydrogens is 404 g/mol. The maximum atomic E-state index is 4.72. The SMILES string of the molecule is c1ccc2c(Nc3cc(C4CC4)[nH]n3)nc(Nc3ccc(Cc4nn[nH]n4)cc3)nc2c1. The van der Waals surface area contributed by atoms with Crippen LogP contribution >= 0.6 is 0 Å². The van der Waals surface area contributed by atoms with Crippen molar-refractivity contribution in [2.75, 3.05) is 10.6 Å². The van der Waals surface area contributed by atoms with Crippen molar-refractivity contribution in [3.8, 4) is 0 Å². The van der Waals surface area contributed by atoms with E-state index in [2.05, 4.69) is 52.5 Å². The van der Waals surface area contributed by atoms with Gasteiger partial charge in [-0.15, -0.1) is 10.2 Å². The Morgan fingerprint density at radius 2 is 1.81 bits per heavy atom. The molecule has 0 unspecified atom stereocenters. The van der Waals surface area contributed by atoms with Crippen LogP contribution in [0.4, 0.5) is 23.3 Å². The van der Waals surface area contributed by atoms with Crippen LogP contribution in [0.1, 0.15) is 35.8 Å². The van der Waals surface area contributed by atoms with Crippen molar-refractivity contribution < 1.29 is 0 Å². The Morgan fingerprint density at radius 3 is 2.62 bits per heavy atom. The molecule has 0 saturated heterocycles. The van der Waals surface area contributed by atoms with Crippen LogP contribution in [0.25, 0.3) is 10.9 Å². The third kappa shape index (κ3) is 3.85. The van der Waals surface area contributed by atoms with E-state index in [1.54, 1.807) is 0 Å². The summed E-state index contributed by atoms with van der Waals surface area (Å²) in [5.74, 6) is 3.24. The summed E-state index contributed by atoms with van der Waals surface area (Å²) in [6.45, 7) is 0. The van der Waals surface area contributed by atoms with E-state index in [0.29, 0.717) is 29.9 Å². The summed E-state index contributed by atoms with van der Waals surface area (Å²) in [5.41, 5.74) is 3.99. The molecule has 1 aliphatic rings. The summed E-state index contributed by atoms with van der Waals surface area (Å²) < 4.78 is 0. The van der Waals surface area contributed by atoms with E-state index in [9.17, 15) is 0 Å². The van der Waals surface area contributed by atoms with E-state index in [0.717, 1.165) is 28.0 Å². The number of aromatic nitrogens is 8. The van der Waals surface area contributed by atoms with Gasteiger partial charge in [0.25, 0.3) is 0 Å². The molecule has 158 valence electrons. The van der Waals surface area contributed by atoms with Crippen molar-refractivity contribution in [2.45, 2.75) is 25.2 Å². The second kappa shape index (κ2) is 7.73. The fourth-order valence-electron chi connectivity index (χ4n) is 3.63. The number of aromatic amines is 2. The predicted octanol–water partition coefficient (Wildman–Crippen LogP) is 3.82. The summed E-state index contributed by atoms with van der Waals surface area (Å²) in [7, 11) is 0. The number of anilines is 4. The molecule has 10 heteroatoms. The van der Waals surface area contributed by atoms with Crippen LogP contribution < -0.4 is 10.6 Å². The molecule has 32 heavy (non-hydrogen) atoms. The Hall–Kier alpha value is -4.34. The van der Waals surface area contributed by atoms with Crippen molar-refractivity contribution in [1.82, 2.24) is 40.8 Å². The highest BCUT2D eigenvalue weighted by Crippen LogP contribution is 2.39. The molecular formula is C22H20N10. The van der Waals surface area contributed by atoms with Gasteiger partial charge in [0, 0.05) is 35.2 Å². The van der Waals surface area contributed by atoms with Gasteiger partial charge in [0.05, 0.1) is 5.52 Å². The summed E-state index contributed by atoms with van der Waals surface area (Å²) in [4.78, 5) is 9.40. The Labute approximate surface area is 182 Å². The zero-order valence-electron chi connectivity index (χ0n) is 17.1. The summed E-state index contributed by atoms with van der Waals surface area (Å²) in [5, 5.41) is 29.2. The van der Waals surface area contributed by atoms with Gasteiger partial charge in [-0.3, -0.25) is 5.10 Å². The normalized spacial score (nSPS) is 13.4. The highest BCUT2D eigenvalue weighted by Gasteiger charge is 2.25. The summed E-state index contributed by atoms with van der Waals surface area (Å²) in [6, 6.07) is 18.0. The molecule has 0 radical (unpaired) electrons. The van der Waals surface area contributed by atoms with E-state index in [1.807, 2.05) is 48.5 Å². The Morgan fingerprint density at radius 1 is 0.938 bits per heavy atom. The highest BCUT2D eigenvalue weighted by molar-refractivity contribution is 5.91. The van der Waals surface area contributed by atoms with Crippen LogP contribution in [0.2, 0.25) is 0 Å². The van der Waals surface area contributed by atoms with E-state index >= 15 is 0 Å². The molecule has 2 aromatic carbocycles. The number of hydrogen-bond acceptors (Lipinski definition) is 8. The lowest BCUT2D eigenvalue weighted by Crippen LogP contribution is -2.02. The van der Waals surface area contributed by atoms with Gasteiger partial charge in [0.2, 0.25) is 5.95 Å². The molecule has 0 aliphatic heterocycles. The van der Waals surface area contributed by atoms with Crippen LogP contribution in [0.15, 0.2) is 54.6 Å². The molecule has 6 rings (SSSR count). The third-order valence-electron chi connectivity index (χ3n) is 5.43. The van der Waals surface area contributed by atoms with Crippen molar-refractivity contribution in [3.05, 3.63) is 71.7 Å². The summed E-state index contributed by atoms with van der Waals surface area (Å²) in [6.07, 6.45) is 3.06. The average Bonchev–Trinajstić information content (AvgIpc) is 3.33. The molecule has 0 spiro atoms. The number of fused-ring (bicyclic) bond motifs is 1. The molecule has 4 N–H and O–H groups in total. The zero-order chi connectivity index (χ0) is 21.3. The minimum atomic E-state index is 0.509. The van der Waals surface area contributed by atoms with Gasteiger partial charge in [-0.1, -0.05) is 29.5 Å². The summed E-state index contributed by atoms with van der Waals surface area (Å²) >= 11 is 0. The van der Waals surface area contributed by atoms with Crippen molar-refractivity contribution in [2.24, 2.45) is 0 Å². The molecule has 0 amide bonds. The standard InChI is InChI=1S/C22H20N10/c1-2-4-17-16(3-1)21(25-19-12-18(27-28-19)14-7-8-14)26-22(24-17)23-15-9-5-13(6-10-15)11-20-29-31-32-30-20/h1-6,9-10,12,14H,7-8,11H2,(H,29,30,31,32)(H3,23,24,25,26,27,28). The number of para-hydroxylation sites is 1. The first-order valence-electron chi connectivity index (χ1n) is 10.5. The van der Waals surface area contributed by atoms with Gasteiger partial charge in [-0.2, -0.15) is 15.3 Å². The molecule has 3 heterocycles. The smallest absolute Gasteiger partial charge is 0.229 e. The van der Waals surface area contributed by atoms with Crippen LogP contribution in [0, 0.1) is 0 Å². The lowest BCUT2D eigenvalue weighted by atomic mass is 10.1. The molecule has 0 atom stereocenters. The quantitative estimate of drug-likeness (QED) is 0.310. The fourth-order valence-corrected chi connectivity index (χ4v) is 3.63. The maximum Gasteiger partial charge on any atom is 0.229 e. The van der Waals surface area contributed by atoms with Crippen molar-refractivity contribution >= 4 is 34.2 Å². The molecule has 0 bridgehead atoms. The second-order valence-corrected chi connectivity index (χ2v) is 7.85. The number of hydrogen-bond donors (Lipinski definition) is 4. The lowest BCUT2D eigenvalue weighted by Gasteiger charge is -2.11. The molecule has 1 aliphatic carbocycles. The van der Waals surface area contributed by atoms with Gasteiger partial charge >= 0.3 is 0 Å². The number of nitrogens with one attached hydrogen (secondary N) is 4. The third-order valence-corrected chi connectivity index (χ3v) is 5.43. The first-order chi connectivity index (χ1) is 15.8. The van der Waals surface area contributed by atoms with Gasteiger partial charge < -0.3 is 10.6 Å². The van der Waals surface area contributed by atoms with Crippen LogP contribution in [-0.4, -0.2) is 40.8 Å². The molecule has 1 fully saturated rings. The number of H-pyrrole nitrogens is 2. The zero-order valence-corrected chi connectivity index (χ0v) is 17.1. The van der Waals surface area contributed by atoms with Crippen LogP contribution in [0.5, 0.6) is 0 Å². The molecule has 10 nitrogen and oxygen atoms in total. The van der Waals surface area contributed by atoms with Crippen LogP contribution in [0.3, 0.4) is 0 Å². The monoisotopic (exact) mass is 424 g/mol. The predicted molar refractivity (Wildman–Crippen MR) is 120 cm³/mol. The largest absolute Gasteiger partial charge is 0.324 e. The van der Waals surface area contributed by atoms with Gasteiger partial charge in [0.1, 0.15) is 5.82 Å². The first kappa shape index (κ1) is 18.4. The topological polar surface area (TPSA) is 133 Å². The highest BCUT2D eigenvalue weighted by atomic mass is 15.5. The Balaban J connectivity index is 1.25. The number of rotatable bonds is 7. The lowest BCUT2D eigenvalue weighted by molar-refractivity contribution is 0.881. The molecule has 1 saturated carbocycles. The maximum absolute atomic E-state index is 4.72. The average molecular weight is 424 g/mol. The van der Waals surface area contributed by atoms with E-state index in [-0.39, 0.29) is 0 Å². The molecule has 5 aromatic rings. The number of tetrazole rings is 1. The number of nitrogens with zero attached hydrogens (tertiary/aromatic N) is 6. The molecule has 3 aromatic heterocycles. The van der Waals surface area contributed by atoms with Gasteiger partial charge in [-0.05, 0) is 42.7 Å². The van der Waals surface area contributed by atoms with Crippen molar-refractivity contribution in [1.29, 1.82) is 0 Å². The second-order valence-electron chi connectivity index (χ2n) is 7.85. The van der Waals surface area contributed by atoms with Crippen molar-refractivity contribution in [3.63, 3.8) is 0 Å². The van der Waals surface area contributed by atoms with Gasteiger partial charge in [0.15, 0.2) is 11.6 Å². The fraction of sp³-hybridized carbons (Fsp3) is 0.182. The van der Waals surface area contributed by atoms with E-state index < -0.39 is 0 Å². The van der Waals surface area contributed by atoms with E-state index in [1.165, 1.54) is 18.5 Å². The minimum Gasteiger partial charge on any atom is -0.324 e. The minimum absolute atomic E-state index is 0.509. The Bertz CT molecular complexity index is 1350. The Kier molecular flexibility index (Phi) is 4.45. The number of benzene rings is 2. The van der Waals surface area contributed by atoms with E-state index in [4.69, 9.17) is 4.98 Å². The van der Waals surface area contributed by atoms with Crippen LogP contribution in [-0.2, 0) is 6.42 Å². The first-order valence-corrected chi connectivity index (χ1v) is 10.5.